The van der Waals surface area contributed by atoms with Gasteiger partial charge in [-0.1, -0.05) is 0 Å². The Morgan fingerprint density at radius 2 is 1.76 bits per heavy atom. The molecule has 0 amide bonds. The van der Waals surface area contributed by atoms with Crippen molar-refractivity contribution in [3.63, 3.8) is 0 Å². The van der Waals surface area contributed by atoms with Gasteiger partial charge in [-0.2, -0.15) is 4.31 Å². The highest BCUT2D eigenvalue weighted by molar-refractivity contribution is 7.60. The number of aliphatic hydroxyl groups excluding tert-OH is 6. The molecule has 11 N–H and O–H groups in total. The van der Waals surface area contributed by atoms with Crippen LogP contribution >= 0.6 is 15.6 Å². The fraction of sp³-hybridized carbons (Fsp3) is 0.667. The molecule has 1 aliphatic rings. The summed E-state index contributed by atoms with van der Waals surface area (Å²) in [5, 5.41) is 71.8. The summed E-state index contributed by atoms with van der Waals surface area (Å²) in [6.45, 7) is -1.54. The fourth-order valence-corrected chi connectivity index (χ4v) is 5.35. The number of carbonyl (C=O) groups excluding carboxylic acids is 1. The molecule has 37 heavy (non-hydrogen) atoms. The van der Waals surface area contributed by atoms with Gasteiger partial charge in [-0.25, -0.2) is 13.9 Å². The molecule has 0 bridgehead atoms. The molecule has 20 nitrogen and oxygen atoms in total. The maximum atomic E-state index is 12.3. The maximum absolute atomic E-state index is 12.3. The Morgan fingerprint density at radius 1 is 1.16 bits per heavy atom. The van der Waals surface area contributed by atoms with E-state index in [9.17, 15) is 64.2 Å². The lowest BCUT2D eigenvalue weighted by molar-refractivity contribution is -0.248. The van der Waals surface area contributed by atoms with Crippen LogP contribution in [0.2, 0.25) is 0 Å². The number of aromatic amines is 1. The Bertz CT molecular complexity index is 1170. The van der Waals surface area contributed by atoms with Crippen LogP contribution in [0, 0.1) is 0 Å². The number of aromatic nitrogens is 2. The van der Waals surface area contributed by atoms with Crippen LogP contribution in [0.1, 0.15) is 6.23 Å². The van der Waals surface area contributed by atoms with Gasteiger partial charge >= 0.3 is 21.3 Å². The number of aliphatic hydroxyl groups is 7. The van der Waals surface area contributed by atoms with Crippen LogP contribution in [0.3, 0.4) is 0 Å². The van der Waals surface area contributed by atoms with Gasteiger partial charge in [0, 0.05) is 12.3 Å². The summed E-state index contributed by atoms with van der Waals surface area (Å²) in [5.74, 6) is 0. The molecule has 1 saturated heterocycles. The first-order valence-electron chi connectivity index (χ1n) is 9.83. The number of carbonyl (C=O) groups is 1. The topological polar surface area (TPSA) is 336 Å². The molecule has 1 aromatic heterocycles. The summed E-state index contributed by atoms with van der Waals surface area (Å²) in [4.78, 5) is 63.8. The third-order valence-corrected chi connectivity index (χ3v) is 7.42. The smallest absolute Gasteiger partial charge is 0.394 e. The largest absolute Gasteiger partial charge is 0.481 e. The van der Waals surface area contributed by atoms with Crippen molar-refractivity contribution >= 4 is 21.9 Å². The normalized spacial score (nSPS) is 29.0. The molecule has 2 heterocycles. The minimum Gasteiger partial charge on any atom is -0.394 e. The van der Waals surface area contributed by atoms with Crippen LogP contribution in [-0.2, 0) is 27.5 Å². The molecule has 0 radical (unpaired) electrons. The van der Waals surface area contributed by atoms with Gasteiger partial charge in [-0.3, -0.25) is 18.9 Å². The second-order valence-electron chi connectivity index (χ2n) is 7.71. The lowest BCUT2D eigenvalue weighted by Gasteiger charge is -2.45. The van der Waals surface area contributed by atoms with Crippen LogP contribution in [0.5, 0.6) is 0 Å². The summed E-state index contributed by atoms with van der Waals surface area (Å²) in [6, 6.07) is 0.775. The minimum atomic E-state index is -6.09. The molecule has 2 unspecified atom stereocenters. The van der Waals surface area contributed by atoms with Crippen molar-refractivity contribution < 1.29 is 77.9 Å². The van der Waals surface area contributed by atoms with Crippen molar-refractivity contribution in [2.24, 2.45) is 0 Å². The Balaban J connectivity index is 2.69. The fourth-order valence-electron chi connectivity index (χ4n) is 3.55. The Labute approximate surface area is 204 Å². The number of nitrogens with zero attached hydrogens (tertiary/aromatic N) is 1. The predicted molar refractivity (Wildman–Crippen MR) is 111 cm³/mol. The zero-order chi connectivity index (χ0) is 28.5. The van der Waals surface area contributed by atoms with E-state index >= 15 is 0 Å². The number of H-pyrrole nitrogens is 1. The van der Waals surface area contributed by atoms with Crippen molar-refractivity contribution in [2.45, 2.75) is 54.6 Å². The van der Waals surface area contributed by atoms with Gasteiger partial charge in [-0.15, -0.1) is 0 Å². The molecule has 1 aromatic rings. The van der Waals surface area contributed by atoms with Crippen molar-refractivity contribution in [1.82, 2.24) is 9.55 Å². The van der Waals surface area contributed by atoms with Gasteiger partial charge in [0.1, 0.15) is 42.7 Å². The first kappa shape index (κ1) is 31.5. The van der Waals surface area contributed by atoms with Crippen LogP contribution in [0.15, 0.2) is 21.9 Å². The monoisotopic (exact) mass is 582 g/mol. The van der Waals surface area contributed by atoms with Crippen molar-refractivity contribution in [2.75, 3.05) is 6.61 Å². The molecule has 0 saturated carbocycles. The maximum Gasteiger partial charge on any atom is 0.481 e. The number of hydrogen-bond acceptors (Lipinski definition) is 15. The number of nitrogens with one attached hydrogen (secondary N) is 1. The average molecular weight is 582 g/mol. The van der Waals surface area contributed by atoms with Crippen molar-refractivity contribution in [3.8, 4) is 0 Å². The average Bonchev–Trinajstić information content (AvgIpc) is 3.07. The Kier molecular flexibility index (Phi) is 9.86. The molecule has 212 valence electrons. The highest BCUT2D eigenvalue weighted by Gasteiger charge is 2.62. The van der Waals surface area contributed by atoms with E-state index in [0.29, 0.717) is 4.57 Å². The number of phosphoric ester groups is 1. The van der Waals surface area contributed by atoms with Gasteiger partial charge in [0.2, 0.25) is 0 Å². The standard InChI is InChI=1S/C15H24N2O18P2/c18-3-5(20)11(25)15(27,6(21)4-19)12(34-37(31,32)35-36(28,29)30)10-8(23)9(24)13(33-10)17-2-1-7(22)16-14(17)26/h1-3,5-6,8-13,19-21,23-25,27H,4H2,(H,31,32)(H,16,22,26)(H2,28,29,30)/t5-,6+,8-,9+,10-,11+,12?,13+,15-/m0/s1. The molecule has 0 aliphatic carbocycles. The minimum absolute atomic E-state index is 0.398. The molecule has 0 spiro atoms. The summed E-state index contributed by atoms with van der Waals surface area (Å²) in [5.41, 5.74) is -5.82. The Hall–Kier alpha value is -1.71. The van der Waals surface area contributed by atoms with Crippen LogP contribution in [-0.4, -0.2) is 121 Å². The van der Waals surface area contributed by atoms with E-state index in [1.807, 2.05) is 0 Å². The van der Waals surface area contributed by atoms with Crippen molar-refractivity contribution in [1.29, 1.82) is 0 Å². The summed E-state index contributed by atoms with van der Waals surface area (Å²) < 4.78 is 37.2. The van der Waals surface area contributed by atoms with Gasteiger partial charge < -0.3 is 60.0 Å². The second kappa shape index (κ2) is 11.6. The summed E-state index contributed by atoms with van der Waals surface area (Å²) in [6.07, 6.45) is -19.9. The number of phosphoric acid groups is 2. The molecular formula is C15H24N2O18P2. The molecule has 10 atom stereocenters. The summed E-state index contributed by atoms with van der Waals surface area (Å²) in [7, 11) is -11.9. The molecule has 1 fully saturated rings. The number of rotatable bonds is 12. The first-order chi connectivity index (χ1) is 16.9. The molecule has 2 rings (SSSR count). The van der Waals surface area contributed by atoms with E-state index in [-0.39, 0.29) is 0 Å². The van der Waals surface area contributed by atoms with Crippen LogP contribution in [0.4, 0.5) is 0 Å². The van der Waals surface area contributed by atoms with Crippen LogP contribution < -0.4 is 11.2 Å². The third-order valence-electron chi connectivity index (χ3n) is 5.25. The van der Waals surface area contributed by atoms with E-state index in [2.05, 4.69) is 8.83 Å². The van der Waals surface area contributed by atoms with E-state index in [0.717, 1.165) is 12.3 Å². The van der Waals surface area contributed by atoms with Crippen LogP contribution in [0.25, 0.3) is 0 Å². The molecule has 22 heteroatoms. The van der Waals surface area contributed by atoms with E-state index in [1.54, 1.807) is 4.98 Å². The van der Waals surface area contributed by atoms with E-state index in [4.69, 9.17) is 14.5 Å². The zero-order valence-corrected chi connectivity index (χ0v) is 19.9. The number of aldehydes is 1. The lowest BCUT2D eigenvalue weighted by Crippen LogP contribution is -2.69. The predicted octanol–water partition coefficient (Wildman–Crippen LogP) is -6.24. The highest BCUT2D eigenvalue weighted by atomic mass is 31.3. The summed E-state index contributed by atoms with van der Waals surface area (Å²) >= 11 is 0. The van der Waals surface area contributed by atoms with Gasteiger partial charge in [-0.05, 0) is 0 Å². The van der Waals surface area contributed by atoms with Gasteiger partial charge in [0.05, 0.1) is 6.61 Å². The molecular weight excluding hydrogens is 558 g/mol. The highest BCUT2D eigenvalue weighted by Crippen LogP contribution is 2.59. The van der Waals surface area contributed by atoms with E-state index in [1.165, 1.54) is 0 Å². The molecule has 0 aromatic carbocycles. The second-order valence-corrected chi connectivity index (χ2v) is 10.5. The van der Waals surface area contributed by atoms with Crippen molar-refractivity contribution in [3.05, 3.63) is 33.1 Å². The van der Waals surface area contributed by atoms with E-state index < -0.39 is 94.3 Å². The number of hydrogen-bond donors (Lipinski definition) is 11. The lowest BCUT2D eigenvalue weighted by atomic mass is 9.79. The Morgan fingerprint density at radius 3 is 2.24 bits per heavy atom. The first-order valence-corrected chi connectivity index (χ1v) is 12.9. The molecule has 1 aliphatic heterocycles. The third kappa shape index (κ3) is 6.84. The van der Waals surface area contributed by atoms with Gasteiger partial charge in [0.15, 0.2) is 18.1 Å². The van der Waals surface area contributed by atoms with Gasteiger partial charge in [0.25, 0.3) is 5.56 Å². The quantitative estimate of drug-likeness (QED) is 0.0806. The number of ether oxygens (including phenoxy) is 1. The SMILES string of the molecule is O=C[C@H](O)[C@@H](O)[C@](O)(C(OP(=O)(O)OP(=O)(O)O)[C@H]1O[C@@H](n2ccc(=O)[nH]c2=O)[C@H](O)[C@@H]1O)[C@H](O)CO. The zero-order valence-electron chi connectivity index (χ0n) is 18.1.